The molecule has 7 nitrogen and oxygen atoms in total. The van der Waals surface area contributed by atoms with E-state index >= 15 is 0 Å². The number of hydrogen-bond acceptors (Lipinski definition) is 7. The van der Waals surface area contributed by atoms with Crippen LogP contribution in [0.25, 0.3) is 10.6 Å². The minimum atomic E-state index is -4.71. The summed E-state index contributed by atoms with van der Waals surface area (Å²) in [7, 11) is 0. The number of aromatic nitrogens is 2. The van der Waals surface area contributed by atoms with E-state index in [4.69, 9.17) is 4.74 Å². The third-order valence-electron chi connectivity index (χ3n) is 6.40. The van der Waals surface area contributed by atoms with E-state index in [9.17, 15) is 22.8 Å². The Morgan fingerprint density at radius 1 is 1.10 bits per heavy atom. The number of halogens is 3. The lowest BCUT2D eigenvalue weighted by Crippen LogP contribution is -2.38. The highest BCUT2D eigenvalue weighted by Gasteiger charge is 2.42. The molecule has 0 spiro atoms. The van der Waals surface area contributed by atoms with Gasteiger partial charge in [-0.2, -0.15) is 13.2 Å². The van der Waals surface area contributed by atoms with E-state index in [-0.39, 0.29) is 23.5 Å². The maximum atomic E-state index is 13.9. The summed E-state index contributed by atoms with van der Waals surface area (Å²) in [4.78, 5) is 35.9. The number of aryl methyl sites for hydroxylation is 2. The summed E-state index contributed by atoms with van der Waals surface area (Å²) >= 11 is 2.80. The minimum Gasteiger partial charge on any atom is -0.493 e. The van der Waals surface area contributed by atoms with Crippen molar-refractivity contribution >= 4 is 39.6 Å². The topological polar surface area (TPSA) is 93.2 Å². The molecule has 1 saturated carbocycles. The van der Waals surface area contributed by atoms with Gasteiger partial charge in [-0.1, -0.05) is 30.3 Å². The highest BCUT2D eigenvalue weighted by molar-refractivity contribution is 7.16. The first-order chi connectivity index (χ1) is 19.5. The van der Waals surface area contributed by atoms with Gasteiger partial charge >= 0.3 is 6.18 Å². The van der Waals surface area contributed by atoms with Crippen LogP contribution in [0.2, 0.25) is 0 Å². The van der Waals surface area contributed by atoms with Gasteiger partial charge in [-0.3, -0.25) is 9.59 Å². The number of ether oxygens (including phenoxy) is 1. The number of alkyl halides is 3. The van der Waals surface area contributed by atoms with Gasteiger partial charge in [0, 0.05) is 10.9 Å². The number of hydrogen-bond donors (Lipinski definition) is 2. The van der Waals surface area contributed by atoms with Gasteiger partial charge in [-0.15, -0.1) is 22.7 Å². The van der Waals surface area contributed by atoms with Crippen molar-refractivity contribution in [3.05, 3.63) is 81.3 Å². The molecule has 0 aliphatic heterocycles. The molecule has 4 aromatic rings. The molecule has 0 unspecified atom stereocenters. The second-order valence-electron chi connectivity index (χ2n) is 9.89. The smallest absolute Gasteiger partial charge is 0.412 e. The van der Waals surface area contributed by atoms with E-state index in [2.05, 4.69) is 20.6 Å². The molecule has 1 fully saturated rings. The number of thiazole rings is 2. The van der Waals surface area contributed by atoms with Crippen LogP contribution in [0.5, 0.6) is 5.75 Å². The molecule has 2 heterocycles. The molecule has 1 aliphatic carbocycles. The Kier molecular flexibility index (Phi) is 8.41. The van der Waals surface area contributed by atoms with Crippen LogP contribution in [0, 0.1) is 19.8 Å². The van der Waals surface area contributed by atoms with Crippen LogP contribution in [0.4, 0.5) is 18.3 Å². The zero-order valence-corrected chi connectivity index (χ0v) is 23.9. The van der Waals surface area contributed by atoms with Crippen molar-refractivity contribution in [3.63, 3.8) is 0 Å². The average Bonchev–Trinajstić information content (AvgIpc) is 3.54. The third kappa shape index (κ3) is 7.50. The Balaban J connectivity index is 1.33. The van der Waals surface area contributed by atoms with E-state index in [1.807, 2.05) is 19.2 Å². The lowest BCUT2D eigenvalue weighted by molar-refractivity contribution is -0.155. The number of rotatable bonds is 10. The molecule has 0 radical (unpaired) electrons. The van der Waals surface area contributed by atoms with Crippen LogP contribution in [0.3, 0.4) is 0 Å². The molecule has 1 atom stereocenters. The first kappa shape index (κ1) is 28.7. The van der Waals surface area contributed by atoms with Gasteiger partial charge in [-0.25, -0.2) is 9.97 Å². The summed E-state index contributed by atoms with van der Waals surface area (Å²) in [6, 6.07) is 9.44. The van der Waals surface area contributed by atoms with Crippen molar-refractivity contribution in [1.82, 2.24) is 15.3 Å². The molecule has 214 valence electrons. The first-order valence-corrected chi connectivity index (χ1v) is 14.6. The van der Waals surface area contributed by atoms with Gasteiger partial charge < -0.3 is 15.4 Å². The van der Waals surface area contributed by atoms with Crippen LogP contribution < -0.4 is 15.4 Å². The SMILES string of the molecule is Cc1nc(C)c(-c2csc(NC(=O)Cc3cc(OCC4CC4)cc(C(=O)N[C@H](c4ccccc4)C(F)(F)F)c3)n2)s1. The van der Waals surface area contributed by atoms with Gasteiger partial charge in [0.1, 0.15) is 5.75 Å². The number of carbonyl (C=O) groups is 2. The summed E-state index contributed by atoms with van der Waals surface area (Å²) < 4.78 is 47.4. The largest absolute Gasteiger partial charge is 0.493 e. The summed E-state index contributed by atoms with van der Waals surface area (Å²) in [5, 5.41) is 8.05. The molecule has 1 aliphatic rings. The predicted octanol–water partition coefficient (Wildman–Crippen LogP) is 6.89. The van der Waals surface area contributed by atoms with Crippen molar-refractivity contribution in [2.24, 2.45) is 5.92 Å². The van der Waals surface area contributed by atoms with E-state index in [0.29, 0.717) is 29.0 Å². The summed E-state index contributed by atoms with van der Waals surface area (Å²) in [5.41, 5.74) is 1.90. The van der Waals surface area contributed by atoms with Crippen LogP contribution in [0.15, 0.2) is 53.9 Å². The maximum Gasteiger partial charge on any atom is 0.412 e. The van der Waals surface area contributed by atoms with E-state index < -0.39 is 18.1 Å². The molecular weight excluding hydrogens is 573 g/mol. The Bertz CT molecular complexity index is 1550. The van der Waals surface area contributed by atoms with Crippen LogP contribution in [0.1, 0.15) is 51.1 Å². The van der Waals surface area contributed by atoms with Crippen molar-refractivity contribution in [3.8, 4) is 16.3 Å². The van der Waals surface area contributed by atoms with Gasteiger partial charge in [0.15, 0.2) is 11.2 Å². The zero-order chi connectivity index (χ0) is 29.1. The fourth-order valence-electron chi connectivity index (χ4n) is 4.24. The lowest BCUT2D eigenvalue weighted by atomic mass is 10.0. The fraction of sp³-hybridized carbons (Fsp3) is 0.310. The number of nitrogens with zero attached hydrogens (tertiary/aromatic N) is 2. The number of amides is 2. The standard InChI is InChI=1S/C29H27F3N4O3S2/c1-16-25(41-17(2)33-16)23-15-40-28(34-23)35-24(37)12-19-10-21(13-22(11-19)39-14-18-8-9-18)27(38)36-26(29(30,31)32)20-6-4-3-5-7-20/h3-7,10-11,13,15,18,26H,8-9,12,14H2,1-2H3,(H,36,38)(H,34,35,37)/t26-/m1/s1. The Morgan fingerprint density at radius 2 is 1.85 bits per heavy atom. The van der Waals surface area contributed by atoms with Gasteiger partial charge in [0.25, 0.3) is 5.91 Å². The summed E-state index contributed by atoms with van der Waals surface area (Å²) in [5.74, 6) is -0.569. The van der Waals surface area contributed by atoms with Gasteiger partial charge in [-0.05, 0) is 61.9 Å². The number of nitrogens with one attached hydrogen (secondary N) is 2. The van der Waals surface area contributed by atoms with Crippen molar-refractivity contribution in [2.45, 2.75) is 45.3 Å². The maximum absolute atomic E-state index is 13.9. The average molecular weight is 601 g/mol. The normalized spacial score (nSPS) is 14.0. The molecule has 2 N–H and O–H groups in total. The number of anilines is 1. The molecule has 2 aromatic carbocycles. The van der Waals surface area contributed by atoms with E-state index in [1.54, 1.807) is 12.1 Å². The second kappa shape index (κ2) is 12.0. The Hall–Kier alpha value is -3.77. The second-order valence-corrected chi connectivity index (χ2v) is 12.0. The predicted molar refractivity (Wildman–Crippen MR) is 152 cm³/mol. The van der Waals surface area contributed by atoms with E-state index in [1.165, 1.54) is 59.1 Å². The number of benzene rings is 2. The Morgan fingerprint density at radius 3 is 2.51 bits per heavy atom. The molecule has 41 heavy (non-hydrogen) atoms. The minimum absolute atomic E-state index is 0.0288. The van der Waals surface area contributed by atoms with Gasteiger partial charge in [0.05, 0.1) is 34.3 Å². The third-order valence-corrected chi connectivity index (χ3v) is 8.25. The van der Waals surface area contributed by atoms with Crippen molar-refractivity contribution < 1.29 is 27.5 Å². The fourth-order valence-corrected chi connectivity index (χ4v) is 5.92. The molecule has 12 heteroatoms. The lowest BCUT2D eigenvalue weighted by Gasteiger charge is -2.22. The van der Waals surface area contributed by atoms with Crippen LogP contribution in [-0.2, 0) is 11.2 Å². The summed E-state index contributed by atoms with van der Waals surface area (Å²) in [6.07, 6.45) is -2.76. The van der Waals surface area contributed by atoms with Crippen LogP contribution in [-0.4, -0.2) is 34.6 Å². The quantitative estimate of drug-likeness (QED) is 0.207. The summed E-state index contributed by atoms with van der Waals surface area (Å²) in [6.45, 7) is 4.25. The molecular formula is C29H27F3N4O3S2. The number of carbonyl (C=O) groups excluding carboxylic acids is 2. The molecule has 5 rings (SSSR count). The van der Waals surface area contributed by atoms with Crippen LogP contribution >= 0.6 is 22.7 Å². The molecule has 2 aromatic heterocycles. The first-order valence-electron chi connectivity index (χ1n) is 12.9. The van der Waals surface area contributed by atoms with Crippen molar-refractivity contribution in [1.29, 1.82) is 0 Å². The molecule has 2 amide bonds. The molecule has 0 saturated heterocycles. The van der Waals surface area contributed by atoms with Gasteiger partial charge in [0.2, 0.25) is 5.91 Å². The zero-order valence-electron chi connectivity index (χ0n) is 22.2. The molecule has 0 bridgehead atoms. The monoisotopic (exact) mass is 600 g/mol. The van der Waals surface area contributed by atoms with E-state index in [0.717, 1.165) is 34.1 Å². The Labute approximate surface area is 242 Å². The van der Waals surface area contributed by atoms with Crippen molar-refractivity contribution in [2.75, 3.05) is 11.9 Å². The highest BCUT2D eigenvalue weighted by atomic mass is 32.1. The highest BCUT2D eigenvalue weighted by Crippen LogP contribution is 2.34.